The van der Waals surface area contributed by atoms with E-state index in [0.717, 1.165) is 12.8 Å². The van der Waals surface area contributed by atoms with Gasteiger partial charge in [-0.3, -0.25) is 19.7 Å². The summed E-state index contributed by atoms with van der Waals surface area (Å²) >= 11 is 0. The lowest BCUT2D eigenvalue weighted by molar-refractivity contribution is -0.499. The van der Waals surface area contributed by atoms with Gasteiger partial charge in [0.15, 0.2) is 11.2 Å². The summed E-state index contributed by atoms with van der Waals surface area (Å²) in [6.07, 6.45) is 6.85. The quantitative estimate of drug-likeness (QED) is 0.222. The molecule has 0 saturated carbocycles. The van der Waals surface area contributed by atoms with Crippen LogP contribution in [0.25, 0.3) is 0 Å². The zero-order chi connectivity index (χ0) is 19.7. The zero-order valence-corrected chi connectivity index (χ0v) is 15.3. The highest BCUT2D eigenvalue weighted by atomic mass is 16.7. The van der Waals surface area contributed by atoms with Crippen LogP contribution in [-0.4, -0.2) is 66.9 Å². The van der Waals surface area contributed by atoms with Crippen LogP contribution in [-0.2, 0) is 23.8 Å². The molecule has 0 aromatic rings. The third-order valence-electron chi connectivity index (χ3n) is 5.69. The maximum absolute atomic E-state index is 13.5. The zero-order valence-electron chi connectivity index (χ0n) is 15.3. The van der Waals surface area contributed by atoms with Crippen molar-refractivity contribution in [2.45, 2.75) is 31.1 Å². The van der Waals surface area contributed by atoms with Crippen molar-refractivity contribution in [2.24, 2.45) is 11.3 Å². The summed E-state index contributed by atoms with van der Waals surface area (Å²) in [6.45, 7) is 3.88. The summed E-state index contributed by atoms with van der Waals surface area (Å²) in [5.41, 5.74) is -1.77. The van der Waals surface area contributed by atoms with Crippen molar-refractivity contribution in [2.75, 3.05) is 33.4 Å². The van der Waals surface area contributed by atoms with Crippen LogP contribution >= 0.6 is 0 Å². The number of hydrogen-bond acceptors (Lipinski definition) is 7. The fourth-order valence-electron chi connectivity index (χ4n) is 4.47. The fourth-order valence-corrected chi connectivity index (χ4v) is 4.47. The highest BCUT2D eigenvalue weighted by Crippen LogP contribution is 2.51. The molecule has 2 fully saturated rings. The van der Waals surface area contributed by atoms with Gasteiger partial charge in [-0.2, -0.15) is 0 Å². The molecular formula is C18H24N2O7. The van der Waals surface area contributed by atoms with E-state index in [1.165, 1.54) is 13.2 Å². The minimum atomic E-state index is -1.77. The Balaban J connectivity index is 2.14. The Morgan fingerprint density at radius 2 is 2.26 bits per heavy atom. The van der Waals surface area contributed by atoms with E-state index in [4.69, 9.17) is 14.2 Å². The Morgan fingerprint density at radius 1 is 1.56 bits per heavy atom. The second-order valence-electron chi connectivity index (χ2n) is 6.99. The summed E-state index contributed by atoms with van der Waals surface area (Å²) in [5.74, 6) is -4.06. The SMILES string of the molecule is C=CC1(C(C[N+](=O)[O-])[C@@]2(C(=O)OC)C[C@@H]3C=CCCCN3C2=O)OCCO1. The van der Waals surface area contributed by atoms with Crippen molar-refractivity contribution in [3.05, 3.63) is 34.9 Å². The summed E-state index contributed by atoms with van der Waals surface area (Å²) in [5, 5.41) is 11.5. The third kappa shape index (κ3) is 3.04. The predicted molar refractivity (Wildman–Crippen MR) is 93.1 cm³/mol. The first-order valence-electron chi connectivity index (χ1n) is 9.00. The minimum absolute atomic E-state index is 0.0792. The number of ether oxygens (including phenoxy) is 3. The molecule has 27 heavy (non-hydrogen) atoms. The molecule has 3 atom stereocenters. The van der Waals surface area contributed by atoms with Crippen LogP contribution < -0.4 is 0 Å². The van der Waals surface area contributed by atoms with Crippen molar-refractivity contribution in [1.82, 2.24) is 4.90 Å². The van der Waals surface area contributed by atoms with Gasteiger partial charge in [0, 0.05) is 11.5 Å². The predicted octanol–water partition coefficient (Wildman–Crippen LogP) is 0.919. The lowest BCUT2D eigenvalue weighted by Gasteiger charge is -2.39. The molecule has 0 radical (unpaired) electrons. The molecule has 0 aliphatic carbocycles. The van der Waals surface area contributed by atoms with Gasteiger partial charge in [-0.1, -0.05) is 18.7 Å². The summed E-state index contributed by atoms with van der Waals surface area (Å²) in [7, 11) is 1.18. The van der Waals surface area contributed by atoms with Crippen molar-refractivity contribution >= 4 is 11.9 Å². The van der Waals surface area contributed by atoms with E-state index in [9.17, 15) is 19.7 Å². The molecule has 3 heterocycles. The second-order valence-corrected chi connectivity index (χ2v) is 6.99. The number of methoxy groups -OCH3 is 1. The minimum Gasteiger partial charge on any atom is -0.468 e. The molecule has 3 aliphatic heterocycles. The van der Waals surface area contributed by atoms with Gasteiger partial charge >= 0.3 is 5.97 Å². The first kappa shape index (κ1) is 19.5. The van der Waals surface area contributed by atoms with Crippen LogP contribution in [0.1, 0.15) is 19.3 Å². The molecule has 2 saturated heterocycles. The van der Waals surface area contributed by atoms with E-state index in [0.29, 0.717) is 6.54 Å². The van der Waals surface area contributed by atoms with Gasteiger partial charge < -0.3 is 19.1 Å². The molecule has 3 rings (SSSR count). The molecule has 9 nitrogen and oxygen atoms in total. The Morgan fingerprint density at radius 3 is 2.85 bits per heavy atom. The number of carbonyl (C=O) groups excluding carboxylic acids is 2. The standard InChI is InChI=1S/C18H24N2O7/c1-3-18(26-9-10-27-18)14(12-20(23)24)17(16(22)25-2)11-13-7-5-4-6-8-19(13)15(17)21/h3,5,7,13-14H,1,4,6,8-12H2,2H3/t13-,14?,17-/m0/s1. The maximum atomic E-state index is 13.5. The number of hydrogen-bond donors (Lipinski definition) is 0. The number of nitrogens with zero attached hydrogens (tertiary/aromatic N) is 2. The summed E-state index contributed by atoms with van der Waals surface area (Å²) in [6, 6.07) is -0.323. The molecule has 0 aromatic heterocycles. The van der Waals surface area contributed by atoms with Gasteiger partial charge in [-0.15, -0.1) is 0 Å². The maximum Gasteiger partial charge on any atom is 0.322 e. The van der Waals surface area contributed by atoms with E-state index in [1.807, 2.05) is 12.2 Å². The Bertz CT molecular complexity index is 671. The molecule has 3 aliphatic rings. The lowest BCUT2D eigenvalue weighted by atomic mass is 9.68. The fraction of sp³-hybridized carbons (Fsp3) is 0.667. The number of rotatable bonds is 6. The Kier molecular flexibility index (Phi) is 5.34. The van der Waals surface area contributed by atoms with Crippen molar-refractivity contribution < 1.29 is 28.7 Å². The van der Waals surface area contributed by atoms with Crippen LogP contribution in [0.5, 0.6) is 0 Å². The summed E-state index contributed by atoms with van der Waals surface area (Å²) in [4.78, 5) is 39.0. The van der Waals surface area contributed by atoms with Crippen LogP contribution in [0, 0.1) is 21.4 Å². The van der Waals surface area contributed by atoms with E-state index < -0.39 is 40.5 Å². The molecule has 9 heteroatoms. The van der Waals surface area contributed by atoms with Crippen molar-refractivity contribution in [1.29, 1.82) is 0 Å². The average molecular weight is 380 g/mol. The lowest BCUT2D eigenvalue weighted by Crippen LogP contribution is -2.57. The van der Waals surface area contributed by atoms with Gasteiger partial charge in [-0.25, -0.2) is 0 Å². The van der Waals surface area contributed by atoms with Crippen LogP contribution in [0.4, 0.5) is 0 Å². The largest absolute Gasteiger partial charge is 0.468 e. The monoisotopic (exact) mass is 380 g/mol. The Hall–Kier alpha value is -2.26. The van der Waals surface area contributed by atoms with Crippen molar-refractivity contribution in [3.8, 4) is 0 Å². The average Bonchev–Trinajstić information content (AvgIpc) is 3.16. The van der Waals surface area contributed by atoms with E-state index in [-0.39, 0.29) is 25.7 Å². The van der Waals surface area contributed by atoms with Gasteiger partial charge in [0.05, 0.1) is 26.4 Å². The number of allylic oxidation sites excluding steroid dienone is 1. The molecule has 1 unspecified atom stereocenters. The van der Waals surface area contributed by atoms with Crippen LogP contribution in [0.3, 0.4) is 0 Å². The molecule has 1 amide bonds. The number of amides is 1. The number of esters is 1. The smallest absolute Gasteiger partial charge is 0.322 e. The third-order valence-corrected chi connectivity index (χ3v) is 5.69. The first-order valence-corrected chi connectivity index (χ1v) is 9.00. The first-order chi connectivity index (χ1) is 12.9. The number of carbonyl (C=O) groups is 2. The number of fused-ring (bicyclic) bond motifs is 1. The second kappa shape index (κ2) is 7.40. The molecule has 148 valence electrons. The van der Waals surface area contributed by atoms with Gasteiger partial charge in [0.1, 0.15) is 5.92 Å². The molecular weight excluding hydrogens is 356 g/mol. The van der Waals surface area contributed by atoms with Gasteiger partial charge in [-0.05, 0) is 25.3 Å². The van der Waals surface area contributed by atoms with E-state index in [1.54, 1.807) is 4.90 Å². The highest BCUT2D eigenvalue weighted by Gasteiger charge is 2.68. The van der Waals surface area contributed by atoms with E-state index in [2.05, 4.69) is 6.58 Å². The molecule has 0 N–H and O–H groups in total. The van der Waals surface area contributed by atoms with Gasteiger partial charge in [0.25, 0.3) is 0 Å². The van der Waals surface area contributed by atoms with E-state index >= 15 is 0 Å². The summed E-state index contributed by atoms with van der Waals surface area (Å²) < 4.78 is 16.3. The molecule has 0 aromatic carbocycles. The van der Waals surface area contributed by atoms with Crippen LogP contribution in [0.15, 0.2) is 24.8 Å². The normalized spacial score (nSPS) is 30.5. The van der Waals surface area contributed by atoms with Crippen LogP contribution in [0.2, 0.25) is 0 Å². The topological polar surface area (TPSA) is 108 Å². The Labute approximate surface area is 157 Å². The molecule has 0 bridgehead atoms. The number of nitro groups is 1. The van der Waals surface area contributed by atoms with Crippen molar-refractivity contribution in [3.63, 3.8) is 0 Å². The molecule has 0 spiro atoms. The van der Waals surface area contributed by atoms with Gasteiger partial charge in [0.2, 0.25) is 12.5 Å². The highest BCUT2D eigenvalue weighted by molar-refractivity contribution is 6.05.